The minimum atomic E-state index is -0.0607. The maximum absolute atomic E-state index is 12.4. The quantitative estimate of drug-likeness (QED) is 0.733. The predicted octanol–water partition coefficient (Wildman–Crippen LogP) is 2.96. The van der Waals surface area contributed by atoms with E-state index >= 15 is 0 Å². The molecular formula is C19H18N4O2. The number of hydrogen-bond acceptors (Lipinski definition) is 5. The van der Waals surface area contributed by atoms with Crippen LogP contribution in [0.25, 0.3) is 11.4 Å². The molecule has 0 radical (unpaired) electrons. The van der Waals surface area contributed by atoms with Gasteiger partial charge >= 0.3 is 0 Å². The van der Waals surface area contributed by atoms with Crippen LogP contribution in [0.4, 0.5) is 0 Å². The summed E-state index contributed by atoms with van der Waals surface area (Å²) in [6.45, 7) is 3.28. The molecule has 0 saturated carbocycles. The van der Waals surface area contributed by atoms with Crippen molar-refractivity contribution >= 4 is 5.91 Å². The number of benzene rings is 1. The highest BCUT2D eigenvalue weighted by atomic mass is 16.5. The summed E-state index contributed by atoms with van der Waals surface area (Å²) in [7, 11) is 0. The van der Waals surface area contributed by atoms with Crippen molar-refractivity contribution in [2.24, 2.45) is 0 Å². The number of likely N-dealkylation sites (tertiary alicyclic amines) is 1. The van der Waals surface area contributed by atoms with E-state index in [4.69, 9.17) is 4.52 Å². The molecule has 1 unspecified atom stereocenters. The van der Waals surface area contributed by atoms with Crippen LogP contribution in [-0.4, -0.2) is 32.5 Å². The first-order chi connectivity index (χ1) is 12.2. The fraction of sp³-hybridized carbons (Fsp3) is 0.263. The maximum atomic E-state index is 12.4. The molecule has 25 heavy (non-hydrogen) atoms. The van der Waals surface area contributed by atoms with Crippen LogP contribution < -0.4 is 0 Å². The molecular weight excluding hydrogens is 316 g/mol. The Kier molecular flexibility index (Phi) is 4.01. The van der Waals surface area contributed by atoms with Crippen molar-refractivity contribution in [3.05, 3.63) is 65.8 Å². The summed E-state index contributed by atoms with van der Waals surface area (Å²) in [5.41, 5.74) is 3.16. The third kappa shape index (κ3) is 3.15. The zero-order valence-electron chi connectivity index (χ0n) is 13.9. The number of pyridine rings is 1. The van der Waals surface area contributed by atoms with E-state index in [1.54, 1.807) is 12.4 Å². The topological polar surface area (TPSA) is 72.1 Å². The number of aromatic nitrogens is 3. The van der Waals surface area contributed by atoms with Crippen LogP contribution >= 0.6 is 0 Å². The summed E-state index contributed by atoms with van der Waals surface area (Å²) in [6.07, 6.45) is 3.79. The van der Waals surface area contributed by atoms with Gasteiger partial charge in [0.05, 0.1) is 5.92 Å². The van der Waals surface area contributed by atoms with E-state index in [2.05, 4.69) is 34.2 Å². The molecule has 1 amide bonds. The number of amides is 1. The average molecular weight is 334 g/mol. The van der Waals surface area contributed by atoms with Crippen LogP contribution in [0, 0.1) is 6.92 Å². The molecule has 6 nitrogen and oxygen atoms in total. The van der Waals surface area contributed by atoms with E-state index in [0.29, 0.717) is 31.2 Å². The Balaban J connectivity index is 1.49. The van der Waals surface area contributed by atoms with E-state index in [1.165, 1.54) is 5.56 Å². The lowest BCUT2D eigenvalue weighted by Gasteiger charge is -2.17. The van der Waals surface area contributed by atoms with Crippen LogP contribution in [-0.2, 0) is 11.3 Å². The highest BCUT2D eigenvalue weighted by Gasteiger charge is 2.34. The van der Waals surface area contributed by atoms with E-state index in [1.807, 2.05) is 29.2 Å². The fourth-order valence-corrected chi connectivity index (χ4v) is 3.10. The number of nitrogens with zero attached hydrogens (tertiary/aromatic N) is 4. The molecule has 2 aromatic heterocycles. The Hall–Kier alpha value is -3.02. The average Bonchev–Trinajstić information content (AvgIpc) is 3.25. The largest absolute Gasteiger partial charge is 0.339 e. The molecule has 0 bridgehead atoms. The number of rotatable bonds is 4. The number of hydrogen-bond donors (Lipinski definition) is 0. The smallest absolute Gasteiger partial charge is 0.232 e. The first-order valence-electron chi connectivity index (χ1n) is 8.27. The van der Waals surface area contributed by atoms with Gasteiger partial charge in [-0.3, -0.25) is 9.78 Å². The molecule has 1 aromatic carbocycles. The molecule has 6 heteroatoms. The molecule has 3 heterocycles. The van der Waals surface area contributed by atoms with Gasteiger partial charge in [-0.25, -0.2) is 0 Å². The van der Waals surface area contributed by atoms with Crippen molar-refractivity contribution < 1.29 is 9.32 Å². The first kappa shape index (κ1) is 15.5. The van der Waals surface area contributed by atoms with Gasteiger partial charge < -0.3 is 9.42 Å². The van der Waals surface area contributed by atoms with Gasteiger partial charge in [-0.15, -0.1) is 0 Å². The van der Waals surface area contributed by atoms with Crippen molar-refractivity contribution in [3.8, 4) is 11.4 Å². The molecule has 0 N–H and O–H groups in total. The molecule has 1 aliphatic heterocycles. The van der Waals surface area contributed by atoms with E-state index < -0.39 is 0 Å². The molecule has 0 aliphatic carbocycles. The molecule has 4 rings (SSSR count). The SMILES string of the molecule is Cc1ccccc1CN1CC(c2nc(-c3cccnc3)no2)CC1=O. The highest BCUT2D eigenvalue weighted by molar-refractivity contribution is 5.79. The van der Waals surface area contributed by atoms with Gasteiger partial charge in [-0.05, 0) is 30.2 Å². The second kappa shape index (κ2) is 6.47. The zero-order chi connectivity index (χ0) is 17.2. The minimum absolute atomic E-state index is 0.0607. The third-order valence-electron chi connectivity index (χ3n) is 4.55. The molecule has 3 aromatic rings. The molecule has 1 aliphatic rings. The van der Waals surface area contributed by atoms with Crippen molar-refractivity contribution in [3.63, 3.8) is 0 Å². The van der Waals surface area contributed by atoms with Gasteiger partial charge in [-0.1, -0.05) is 29.4 Å². The summed E-state index contributed by atoms with van der Waals surface area (Å²) in [5.74, 6) is 1.08. The van der Waals surface area contributed by atoms with Gasteiger partial charge in [0, 0.05) is 37.5 Å². The summed E-state index contributed by atoms with van der Waals surface area (Å²) >= 11 is 0. The van der Waals surface area contributed by atoms with Gasteiger partial charge in [0.2, 0.25) is 17.6 Å². The fourth-order valence-electron chi connectivity index (χ4n) is 3.10. The van der Waals surface area contributed by atoms with Crippen molar-refractivity contribution in [1.82, 2.24) is 20.0 Å². The number of carbonyl (C=O) groups excluding carboxylic acids is 1. The zero-order valence-corrected chi connectivity index (χ0v) is 13.9. The molecule has 1 atom stereocenters. The van der Waals surface area contributed by atoms with E-state index in [9.17, 15) is 4.79 Å². The Morgan fingerprint density at radius 2 is 2.12 bits per heavy atom. The van der Waals surface area contributed by atoms with Gasteiger partial charge in [0.15, 0.2) is 0 Å². The van der Waals surface area contributed by atoms with Crippen LogP contribution in [0.5, 0.6) is 0 Å². The Morgan fingerprint density at radius 3 is 2.92 bits per heavy atom. The van der Waals surface area contributed by atoms with Crippen molar-refractivity contribution in [2.75, 3.05) is 6.54 Å². The minimum Gasteiger partial charge on any atom is -0.339 e. The number of aryl methyl sites for hydroxylation is 1. The van der Waals surface area contributed by atoms with E-state index in [-0.39, 0.29) is 11.8 Å². The Labute approximate surface area is 145 Å². The number of carbonyl (C=O) groups is 1. The summed E-state index contributed by atoms with van der Waals surface area (Å²) in [6, 6.07) is 11.8. The van der Waals surface area contributed by atoms with Crippen LogP contribution in [0.2, 0.25) is 0 Å². The first-order valence-corrected chi connectivity index (χ1v) is 8.27. The van der Waals surface area contributed by atoms with Crippen molar-refractivity contribution in [1.29, 1.82) is 0 Å². The van der Waals surface area contributed by atoms with Gasteiger partial charge in [0.1, 0.15) is 0 Å². The third-order valence-corrected chi connectivity index (χ3v) is 4.55. The lowest BCUT2D eigenvalue weighted by atomic mass is 10.1. The molecule has 126 valence electrons. The van der Waals surface area contributed by atoms with E-state index in [0.717, 1.165) is 11.1 Å². The Morgan fingerprint density at radius 1 is 1.24 bits per heavy atom. The maximum Gasteiger partial charge on any atom is 0.232 e. The van der Waals surface area contributed by atoms with Crippen molar-refractivity contribution in [2.45, 2.75) is 25.8 Å². The second-order valence-corrected chi connectivity index (χ2v) is 6.30. The lowest BCUT2D eigenvalue weighted by Crippen LogP contribution is -2.24. The summed E-state index contributed by atoms with van der Waals surface area (Å²) in [5, 5.41) is 4.02. The normalized spacial score (nSPS) is 17.2. The molecule has 1 fully saturated rings. The monoisotopic (exact) mass is 334 g/mol. The molecule has 1 saturated heterocycles. The second-order valence-electron chi connectivity index (χ2n) is 6.30. The molecule has 0 spiro atoms. The lowest BCUT2D eigenvalue weighted by molar-refractivity contribution is -0.128. The van der Waals surface area contributed by atoms with Crippen LogP contribution in [0.15, 0.2) is 53.3 Å². The highest BCUT2D eigenvalue weighted by Crippen LogP contribution is 2.29. The summed E-state index contributed by atoms with van der Waals surface area (Å²) in [4.78, 5) is 22.8. The Bertz CT molecular complexity index is 891. The van der Waals surface area contributed by atoms with Gasteiger partial charge in [0.25, 0.3) is 0 Å². The van der Waals surface area contributed by atoms with Crippen LogP contribution in [0.3, 0.4) is 0 Å². The summed E-state index contributed by atoms with van der Waals surface area (Å²) < 4.78 is 5.41. The van der Waals surface area contributed by atoms with Gasteiger partial charge in [-0.2, -0.15) is 4.98 Å². The standard InChI is InChI=1S/C19H18N4O2/c1-13-5-2-3-6-15(13)11-23-12-16(9-17(23)24)19-21-18(22-25-19)14-7-4-8-20-10-14/h2-8,10,16H,9,11-12H2,1H3. The predicted molar refractivity (Wildman–Crippen MR) is 91.5 cm³/mol. The van der Waals surface area contributed by atoms with Crippen LogP contribution in [0.1, 0.15) is 29.4 Å².